The zero-order chi connectivity index (χ0) is 15.4. The molecule has 1 aromatic heterocycles. The maximum Gasteiger partial charge on any atom is 0.307 e. The number of carboxylic acid groups (broad SMARTS) is 1. The number of carbonyl (C=O) groups is 1. The van der Waals surface area contributed by atoms with Crippen LogP contribution in [0.1, 0.15) is 12.8 Å². The third kappa shape index (κ3) is 4.31. The van der Waals surface area contributed by atoms with E-state index in [0.717, 1.165) is 5.56 Å². The quantitative estimate of drug-likeness (QED) is 0.888. The van der Waals surface area contributed by atoms with Crippen LogP contribution in [0.5, 0.6) is 0 Å². The molecule has 5 nitrogen and oxygen atoms in total. The number of aromatic nitrogens is 1. The summed E-state index contributed by atoms with van der Waals surface area (Å²) in [5, 5.41) is 9.53. The summed E-state index contributed by atoms with van der Waals surface area (Å²) in [6, 6.07) is 7.35. The average molecular weight is 309 g/mol. The number of aliphatic carboxylic acids is 1. The highest BCUT2D eigenvalue weighted by molar-refractivity contribution is 6.30. The van der Waals surface area contributed by atoms with Crippen LogP contribution in [-0.4, -0.2) is 34.6 Å². The number of oxazole rings is 1. The van der Waals surface area contributed by atoms with Crippen molar-refractivity contribution in [2.45, 2.75) is 13.5 Å². The van der Waals surface area contributed by atoms with Crippen LogP contribution in [0.4, 0.5) is 0 Å². The molecule has 0 aliphatic heterocycles. The molecule has 1 atom stereocenters. The molecule has 0 fully saturated rings. The first kappa shape index (κ1) is 15.5. The van der Waals surface area contributed by atoms with Crippen molar-refractivity contribution in [3.8, 4) is 11.3 Å². The molecule has 0 aliphatic carbocycles. The van der Waals surface area contributed by atoms with Crippen LogP contribution >= 0.6 is 11.6 Å². The molecule has 2 aromatic rings. The van der Waals surface area contributed by atoms with E-state index in [4.69, 9.17) is 21.1 Å². The van der Waals surface area contributed by atoms with E-state index in [1.54, 1.807) is 19.2 Å². The predicted molar refractivity (Wildman–Crippen MR) is 80.1 cm³/mol. The van der Waals surface area contributed by atoms with Gasteiger partial charge >= 0.3 is 5.97 Å². The third-order valence-corrected chi connectivity index (χ3v) is 3.31. The Labute approximate surface area is 128 Å². The second-order valence-corrected chi connectivity index (χ2v) is 5.50. The van der Waals surface area contributed by atoms with E-state index in [0.29, 0.717) is 29.8 Å². The molecule has 1 unspecified atom stereocenters. The van der Waals surface area contributed by atoms with Crippen molar-refractivity contribution in [2.24, 2.45) is 5.92 Å². The number of benzene rings is 1. The molecule has 112 valence electrons. The van der Waals surface area contributed by atoms with Gasteiger partial charge in [0.15, 0.2) is 5.76 Å². The Morgan fingerprint density at radius 3 is 2.95 bits per heavy atom. The zero-order valence-electron chi connectivity index (χ0n) is 11.9. The summed E-state index contributed by atoms with van der Waals surface area (Å²) in [5.74, 6) is -0.0523. The van der Waals surface area contributed by atoms with Gasteiger partial charge in [-0.25, -0.2) is 4.98 Å². The maximum absolute atomic E-state index is 10.8. The Morgan fingerprint density at radius 1 is 1.52 bits per heavy atom. The SMILES string of the molecule is CC(CN(C)Cc1ncc(-c2cccc(Cl)c2)o1)C(=O)O. The second-order valence-electron chi connectivity index (χ2n) is 5.06. The highest BCUT2D eigenvalue weighted by Gasteiger charge is 2.15. The van der Waals surface area contributed by atoms with E-state index in [1.807, 2.05) is 30.1 Å². The summed E-state index contributed by atoms with van der Waals surface area (Å²) in [6.45, 7) is 2.56. The monoisotopic (exact) mass is 308 g/mol. The van der Waals surface area contributed by atoms with E-state index in [9.17, 15) is 4.79 Å². The van der Waals surface area contributed by atoms with E-state index in [1.165, 1.54) is 0 Å². The number of carboxylic acids is 1. The molecule has 0 aliphatic rings. The minimum atomic E-state index is -0.811. The van der Waals surface area contributed by atoms with Gasteiger partial charge in [0.1, 0.15) is 0 Å². The van der Waals surface area contributed by atoms with Crippen LogP contribution in [0.25, 0.3) is 11.3 Å². The maximum atomic E-state index is 10.8. The molecule has 0 radical (unpaired) electrons. The lowest BCUT2D eigenvalue weighted by atomic mass is 10.2. The Bertz CT molecular complexity index is 627. The first-order valence-electron chi connectivity index (χ1n) is 6.57. The summed E-state index contributed by atoms with van der Waals surface area (Å²) in [7, 11) is 1.84. The molecule has 2 rings (SSSR count). The van der Waals surface area contributed by atoms with Gasteiger partial charge in [-0.2, -0.15) is 0 Å². The summed E-state index contributed by atoms with van der Waals surface area (Å²) in [6.07, 6.45) is 1.65. The van der Waals surface area contributed by atoms with Crippen LogP contribution in [0.2, 0.25) is 5.02 Å². The molecular formula is C15H17ClN2O3. The summed E-state index contributed by atoms with van der Waals surface area (Å²) >= 11 is 5.95. The highest BCUT2D eigenvalue weighted by Crippen LogP contribution is 2.23. The smallest absolute Gasteiger partial charge is 0.307 e. The first-order valence-corrected chi connectivity index (χ1v) is 6.95. The lowest BCUT2D eigenvalue weighted by molar-refractivity contribution is -0.141. The van der Waals surface area contributed by atoms with Gasteiger partial charge in [-0.1, -0.05) is 30.7 Å². The minimum absolute atomic E-state index is 0.433. The number of hydrogen-bond acceptors (Lipinski definition) is 4. The molecule has 0 saturated carbocycles. The van der Waals surface area contributed by atoms with Crippen LogP contribution < -0.4 is 0 Å². The van der Waals surface area contributed by atoms with Crippen LogP contribution in [0.3, 0.4) is 0 Å². The van der Waals surface area contributed by atoms with E-state index in [2.05, 4.69) is 4.98 Å². The van der Waals surface area contributed by atoms with Crippen molar-refractivity contribution >= 4 is 17.6 Å². The van der Waals surface area contributed by atoms with Gasteiger partial charge in [-0.15, -0.1) is 0 Å². The average Bonchev–Trinajstić information content (AvgIpc) is 2.86. The fourth-order valence-corrected chi connectivity index (χ4v) is 2.19. The topological polar surface area (TPSA) is 66.6 Å². The Balaban J connectivity index is 2.02. The molecule has 0 bridgehead atoms. The summed E-state index contributed by atoms with van der Waals surface area (Å²) < 4.78 is 5.68. The summed E-state index contributed by atoms with van der Waals surface area (Å²) in [4.78, 5) is 16.9. The van der Waals surface area contributed by atoms with Gasteiger partial charge in [-0.05, 0) is 19.2 Å². The number of halogens is 1. The van der Waals surface area contributed by atoms with Gasteiger partial charge in [0.2, 0.25) is 5.89 Å². The predicted octanol–water partition coefficient (Wildman–Crippen LogP) is 3.15. The normalized spacial score (nSPS) is 12.6. The van der Waals surface area contributed by atoms with E-state index in [-0.39, 0.29) is 0 Å². The summed E-state index contributed by atoms with van der Waals surface area (Å²) in [5.41, 5.74) is 0.864. The van der Waals surface area contributed by atoms with E-state index < -0.39 is 11.9 Å². The van der Waals surface area contributed by atoms with Crippen molar-refractivity contribution in [1.29, 1.82) is 0 Å². The lowest BCUT2D eigenvalue weighted by Gasteiger charge is -2.16. The van der Waals surface area contributed by atoms with Crippen molar-refractivity contribution < 1.29 is 14.3 Å². The van der Waals surface area contributed by atoms with Crippen LogP contribution in [0.15, 0.2) is 34.9 Å². The number of nitrogens with zero attached hydrogens (tertiary/aromatic N) is 2. The van der Waals surface area contributed by atoms with Crippen molar-refractivity contribution in [3.05, 3.63) is 41.4 Å². The number of rotatable bonds is 6. The van der Waals surface area contributed by atoms with Crippen molar-refractivity contribution in [3.63, 3.8) is 0 Å². The van der Waals surface area contributed by atoms with Gasteiger partial charge in [-0.3, -0.25) is 9.69 Å². The molecule has 1 heterocycles. The molecule has 1 aromatic carbocycles. The Hall–Kier alpha value is -1.85. The Morgan fingerprint density at radius 2 is 2.29 bits per heavy atom. The standard InChI is InChI=1S/C15H17ClN2O3/c1-10(15(19)20)8-18(2)9-14-17-7-13(21-14)11-4-3-5-12(16)6-11/h3-7,10H,8-9H2,1-2H3,(H,19,20). The number of hydrogen-bond donors (Lipinski definition) is 1. The van der Waals surface area contributed by atoms with Crippen LogP contribution in [0, 0.1) is 5.92 Å². The largest absolute Gasteiger partial charge is 0.481 e. The fourth-order valence-electron chi connectivity index (χ4n) is 2.00. The second kappa shape index (κ2) is 6.74. The van der Waals surface area contributed by atoms with Gasteiger partial charge in [0.05, 0.1) is 18.7 Å². The van der Waals surface area contributed by atoms with Crippen molar-refractivity contribution in [2.75, 3.05) is 13.6 Å². The fraction of sp³-hybridized carbons (Fsp3) is 0.333. The van der Waals surface area contributed by atoms with Crippen molar-refractivity contribution in [1.82, 2.24) is 9.88 Å². The first-order chi connectivity index (χ1) is 9.95. The van der Waals surface area contributed by atoms with Gasteiger partial charge in [0.25, 0.3) is 0 Å². The molecule has 0 spiro atoms. The third-order valence-electron chi connectivity index (χ3n) is 3.07. The van der Waals surface area contributed by atoms with Gasteiger partial charge in [0, 0.05) is 17.1 Å². The molecule has 0 saturated heterocycles. The zero-order valence-corrected chi connectivity index (χ0v) is 12.7. The minimum Gasteiger partial charge on any atom is -0.481 e. The highest BCUT2D eigenvalue weighted by atomic mass is 35.5. The van der Waals surface area contributed by atoms with Gasteiger partial charge < -0.3 is 9.52 Å². The van der Waals surface area contributed by atoms with E-state index >= 15 is 0 Å². The Kier molecular flexibility index (Phi) is 4.98. The molecule has 0 amide bonds. The molecule has 6 heteroatoms. The molecule has 21 heavy (non-hydrogen) atoms. The van der Waals surface area contributed by atoms with Crippen LogP contribution in [-0.2, 0) is 11.3 Å². The molecule has 1 N–H and O–H groups in total. The molecular weight excluding hydrogens is 292 g/mol. The lowest BCUT2D eigenvalue weighted by Crippen LogP contribution is -2.28.